The van der Waals surface area contributed by atoms with Crippen LogP contribution in [0.3, 0.4) is 0 Å². The molecular weight excluding hydrogens is 333 g/mol. The van der Waals surface area contributed by atoms with Gasteiger partial charge in [-0.3, -0.25) is 0 Å². The van der Waals surface area contributed by atoms with E-state index in [4.69, 9.17) is 0 Å². The molecule has 0 spiro atoms. The first kappa shape index (κ1) is 706. The summed E-state index contributed by atoms with van der Waals surface area (Å²) in [4.78, 5) is 0. The third-order valence-electron chi connectivity index (χ3n) is 0. The maximum absolute atomic E-state index is 2.03. The molecule has 8 nitrogen and oxygen atoms in total. The molecule has 19 N–H and O–H groups in total. The van der Waals surface area contributed by atoms with Crippen molar-refractivity contribution in [3.8, 4) is 0 Å². The van der Waals surface area contributed by atoms with Crippen molar-refractivity contribution in [3.63, 3.8) is 0 Å². The molecule has 0 unspecified atom stereocenters. The van der Waals surface area contributed by atoms with E-state index in [0.29, 0.717) is 0 Å². The molecule has 0 bridgehead atoms. The third kappa shape index (κ3) is 1260. The van der Waals surface area contributed by atoms with Crippen molar-refractivity contribution in [1.29, 1.82) is 0 Å². The van der Waals surface area contributed by atoms with Gasteiger partial charge in [0.25, 0.3) is 0 Å². The Morgan fingerprint density at radius 1 is 0.688 bits per heavy atom. The molecule has 0 saturated heterocycles. The molecule has 0 aromatic heterocycles. The Bertz CT molecular complexity index is 37.6. The predicted octanol–water partition coefficient (Wildman–Crippen LogP) is 0.439. The van der Waals surface area contributed by atoms with Gasteiger partial charge in [0.1, 0.15) is 0 Å². The monoisotopic (exact) mass is 362 g/mol. The van der Waals surface area contributed by atoms with E-state index in [-0.39, 0.29) is 119 Å². The summed E-state index contributed by atoms with van der Waals surface area (Å²) in [5.41, 5.74) is 0. The smallest absolute Gasteiger partial charge is 0.870 e. The van der Waals surface area contributed by atoms with Crippen LogP contribution < -0.4 is 24.6 Å². The zero-order chi connectivity index (χ0) is 2.00. The van der Waals surface area contributed by atoms with E-state index in [9.17, 15) is 0 Å². The van der Waals surface area contributed by atoms with Crippen LogP contribution in [0.4, 0.5) is 0 Å². The minimum absolute atomic E-state index is 0. The Labute approximate surface area is 140 Å². The molecule has 0 rings (SSSR count). The largest absolute Gasteiger partial charge is 2.00 e. The zero-order valence-corrected chi connectivity index (χ0v) is 19.0. The molecule has 12 heteroatoms. The molecule has 0 atom stereocenters. The zero-order valence-electron chi connectivity index (χ0n) is 11.7. The number of hydrogen-bond acceptors (Lipinski definition) is 5. The predicted molar refractivity (Wildman–Crippen MR) is 72.5 cm³/mol. The summed E-state index contributed by atoms with van der Waals surface area (Å²) in [5.74, 6) is 2.03. The molecule has 0 aliphatic carbocycles. The first-order valence-corrected chi connectivity index (χ1v) is 2.12. The maximum atomic E-state index is 2.03. The summed E-state index contributed by atoms with van der Waals surface area (Å²) >= 11 is 1.86. The van der Waals surface area contributed by atoms with Crippen molar-refractivity contribution in [2.75, 3.05) is 0 Å². The van der Waals surface area contributed by atoms with Crippen molar-refractivity contribution in [2.45, 2.75) is 5.79 Å². The summed E-state index contributed by atoms with van der Waals surface area (Å²) in [6.07, 6.45) is 0. The molecule has 0 aliphatic heterocycles. The average Bonchev–Trinajstić information content (AvgIpc) is 1.00. The number of nitrogens with two attached hydrogens (primary N) is 1. The van der Waals surface area contributed by atoms with Crippen LogP contribution in [0.2, 0.25) is 5.79 Å². The fourth-order valence-electron chi connectivity index (χ4n) is 0. The second-order valence-electron chi connectivity index (χ2n) is 0. The summed E-state index contributed by atoms with van der Waals surface area (Å²) in [7, 11) is 0. The molecule has 0 heterocycles. The van der Waals surface area contributed by atoms with E-state index >= 15 is 0 Å². The fourth-order valence-corrected chi connectivity index (χ4v) is 0. The molecule has 0 amide bonds. The van der Waals surface area contributed by atoms with Gasteiger partial charge in [-0.2, -0.15) is 0 Å². The van der Waals surface area contributed by atoms with Gasteiger partial charge in [-0.1, -0.05) is 0 Å². The van der Waals surface area contributed by atoms with Crippen LogP contribution in [0.15, 0.2) is 0 Å². The van der Waals surface area contributed by atoms with E-state index < -0.39 is 0 Å². The second-order valence-corrected chi connectivity index (χ2v) is 0. The Kier molecular flexibility index (Phi) is 67600. The van der Waals surface area contributed by atoms with Crippen molar-refractivity contribution >= 4 is 26.4 Å². The van der Waals surface area contributed by atoms with E-state index in [2.05, 4.69) is 0 Å². The third-order valence-corrected chi connectivity index (χ3v) is 0. The molecule has 0 saturated carbocycles. The van der Waals surface area contributed by atoms with E-state index in [0.717, 1.165) is 0 Å². The normalized spacial score (nSPS) is 0.312. The van der Waals surface area contributed by atoms with Gasteiger partial charge in [0, 0.05) is 19.5 Å². The molecule has 0 aromatic rings. The Hall–Kier alpha value is 1.63. The first-order chi connectivity index (χ1) is 1.00. The van der Waals surface area contributed by atoms with Gasteiger partial charge in [-0.05, 0) is 0 Å². The quantitative estimate of drug-likeness (QED) is 0.350. The summed E-state index contributed by atoms with van der Waals surface area (Å²) in [6.45, 7) is 0. The van der Waals surface area contributed by atoms with Crippen molar-refractivity contribution in [1.82, 2.24) is 24.6 Å². The average molecular weight is 365 g/mol. The van der Waals surface area contributed by atoms with Gasteiger partial charge >= 0.3 is 29.6 Å². The minimum atomic E-state index is 0. The molecular formula is C4H32AlBeN5O3Zn2-. The van der Waals surface area contributed by atoms with Crippen LogP contribution >= 0.6 is 0 Å². The summed E-state index contributed by atoms with van der Waals surface area (Å²) in [6, 6.07) is 0. The van der Waals surface area contributed by atoms with Crippen molar-refractivity contribution in [3.05, 3.63) is 28.4 Å². The number of hydrogen-bond donors (Lipinski definition) is 4. The van der Waals surface area contributed by atoms with Crippen LogP contribution in [-0.4, -0.2) is 42.8 Å². The molecule has 101 valence electrons. The van der Waals surface area contributed by atoms with E-state index in [1.54, 1.807) is 0 Å². The summed E-state index contributed by atoms with van der Waals surface area (Å²) in [5, 5.41) is 0. The van der Waals surface area contributed by atoms with Gasteiger partial charge in [0.15, 0.2) is 16.3 Å². The maximum Gasteiger partial charge on any atom is 2.00 e. The summed E-state index contributed by atoms with van der Waals surface area (Å²) < 4.78 is 0. The SMILES string of the molecule is N.N.N.N.O.O.[Be+2].[CH3-].[CH3-].[CH3-].[CH3][AlH].[NH2-].[OH-].[Zn+2].[Zn]. The molecule has 0 aliphatic rings. The van der Waals surface area contributed by atoms with Crippen LogP contribution in [0.1, 0.15) is 0 Å². The molecule has 0 aromatic carbocycles. The van der Waals surface area contributed by atoms with Gasteiger partial charge < -0.3 is 69.5 Å². The number of rotatable bonds is 0. The molecule has 1 radical (unpaired) electrons. The van der Waals surface area contributed by atoms with Gasteiger partial charge in [0.2, 0.25) is 0 Å². The second kappa shape index (κ2) is 1530. The van der Waals surface area contributed by atoms with Gasteiger partial charge in [-0.15, -0.1) is 5.79 Å². The Morgan fingerprint density at radius 3 is 0.688 bits per heavy atom. The van der Waals surface area contributed by atoms with Crippen molar-refractivity contribution in [2.24, 2.45) is 0 Å². The van der Waals surface area contributed by atoms with Crippen LogP contribution in [0.5, 0.6) is 0 Å². The topological polar surface area (TPSA) is 266 Å². The standard InChI is InChI=1S/4CH3.Al.Be.4H3N.H2N.3H2O.2Zn.H/h4*1H3;;;4*1H3;4*1H2;;;/q;3*-1;;+2;;;;;-1;;;;;+2;/p-1. The molecule has 16 heavy (non-hydrogen) atoms. The van der Waals surface area contributed by atoms with Crippen molar-refractivity contribution < 1.29 is 55.4 Å². The minimum Gasteiger partial charge on any atom is -0.870 e. The van der Waals surface area contributed by atoms with Gasteiger partial charge in [-0.25, -0.2) is 0 Å². The fraction of sp³-hybridized carbons (Fsp3) is 0.250. The van der Waals surface area contributed by atoms with Crippen LogP contribution in [-0.2, 0) is 39.0 Å². The van der Waals surface area contributed by atoms with E-state index in [1.807, 2.05) is 22.1 Å². The Morgan fingerprint density at radius 2 is 0.688 bits per heavy atom. The van der Waals surface area contributed by atoms with Crippen LogP contribution in [0, 0.1) is 22.3 Å². The van der Waals surface area contributed by atoms with Crippen LogP contribution in [0.25, 0.3) is 6.15 Å². The van der Waals surface area contributed by atoms with E-state index in [1.165, 1.54) is 0 Å². The first-order valence-electron chi connectivity index (χ1n) is 0.707. The molecule has 0 fully saturated rings. The van der Waals surface area contributed by atoms with Gasteiger partial charge in [0.05, 0.1) is 0 Å². The Balaban J connectivity index is -0.0000000000549.